The first-order valence-corrected chi connectivity index (χ1v) is 15.5. The molecule has 0 bridgehead atoms. The summed E-state index contributed by atoms with van der Waals surface area (Å²) in [7, 11) is 0. The Morgan fingerprint density at radius 3 is 2.28 bits per heavy atom. The zero-order valence-corrected chi connectivity index (χ0v) is 23.7. The van der Waals surface area contributed by atoms with Crippen LogP contribution in [0.25, 0.3) is 10.8 Å². The number of hydrogen-bond acceptors (Lipinski definition) is 2. The van der Waals surface area contributed by atoms with E-state index in [0.717, 1.165) is 63.0 Å². The molecule has 0 atom stereocenters. The van der Waals surface area contributed by atoms with Crippen LogP contribution in [0.1, 0.15) is 131 Å². The summed E-state index contributed by atoms with van der Waals surface area (Å²) in [6.07, 6.45) is 17.7. The Labute approximate surface area is 233 Å². The molecule has 2 fully saturated rings. The van der Waals surface area contributed by atoms with Crippen molar-refractivity contribution >= 4 is 10.8 Å². The Bertz CT molecular complexity index is 1290. The monoisotopic (exact) mass is 528 g/mol. The van der Waals surface area contributed by atoms with Crippen LogP contribution < -0.4 is 5.63 Å². The summed E-state index contributed by atoms with van der Waals surface area (Å²) in [5.74, 6) is 2.15. The summed E-state index contributed by atoms with van der Waals surface area (Å²) >= 11 is 0. The zero-order chi connectivity index (χ0) is 27.2. The van der Waals surface area contributed by atoms with Gasteiger partial charge in [0, 0.05) is 5.92 Å². The van der Waals surface area contributed by atoms with Crippen LogP contribution in [0.2, 0.25) is 0 Å². The van der Waals surface area contributed by atoms with Gasteiger partial charge in [-0.25, -0.2) is 9.18 Å². The minimum Gasteiger partial charge on any atom is -0.427 e. The number of allylic oxidation sites excluding steroid dienone is 1. The van der Waals surface area contributed by atoms with E-state index >= 15 is 4.39 Å². The molecule has 3 aromatic rings. The summed E-state index contributed by atoms with van der Waals surface area (Å²) in [5, 5.41) is 0.833. The van der Waals surface area contributed by atoms with Crippen molar-refractivity contribution in [2.24, 2.45) is 5.92 Å². The molecule has 1 heterocycles. The number of unbranched alkanes of at least 4 members (excludes halogenated alkanes) is 2. The first-order valence-electron chi connectivity index (χ1n) is 15.5. The smallest absolute Gasteiger partial charge is 0.346 e. The minimum atomic E-state index is -0.503. The molecule has 0 amide bonds. The molecule has 0 unspecified atom stereocenters. The van der Waals surface area contributed by atoms with Crippen molar-refractivity contribution in [1.82, 2.24) is 0 Å². The summed E-state index contributed by atoms with van der Waals surface area (Å²) in [6.45, 7) is 6.06. The van der Waals surface area contributed by atoms with Crippen LogP contribution in [0.4, 0.5) is 4.39 Å². The summed E-state index contributed by atoms with van der Waals surface area (Å²) < 4.78 is 21.6. The van der Waals surface area contributed by atoms with E-state index < -0.39 is 5.63 Å². The fraction of sp³-hybridized carbons (Fsp3) is 0.528. The van der Waals surface area contributed by atoms with Gasteiger partial charge in [-0.3, -0.25) is 0 Å². The Balaban J connectivity index is 1.24. The second-order valence-electron chi connectivity index (χ2n) is 12.2. The third-order valence-corrected chi connectivity index (χ3v) is 9.64. The van der Waals surface area contributed by atoms with Crippen molar-refractivity contribution in [2.45, 2.75) is 115 Å². The van der Waals surface area contributed by atoms with Crippen LogP contribution in [0.5, 0.6) is 0 Å². The maximum atomic E-state index is 15.8. The molecule has 0 radical (unpaired) electrons. The lowest BCUT2D eigenvalue weighted by Gasteiger charge is -2.30. The average Bonchev–Trinajstić information content (AvgIpc) is 2.97. The number of halogens is 1. The fourth-order valence-electron chi connectivity index (χ4n) is 7.17. The molecule has 3 heteroatoms. The van der Waals surface area contributed by atoms with Gasteiger partial charge in [-0.15, -0.1) is 6.58 Å². The van der Waals surface area contributed by atoms with E-state index in [-0.39, 0.29) is 23.0 Å². The molecule has 2 saturated carbocycles. The third kappa shape index (κ3) is 6.56. The van der Waals surface area contributed by atoms with Crippen LogP contribution in [0, 0.1) is 11.7 Å². The summed E-state index contributed by atoms with van der Waals surface area (Å²) in [6, 6.07) is 14.8. The highest BCUT2D eigenvalue weighted by atomic mass is 19.1. The van der Waals surface area contributed by atoms with E-state index in [2.05, 4.69) is 37.8 Å². The first kappa shape index (κ1) is 27.9. The van der Waals surface area contributed by atoms with Crippen LogP contribution in [-0.2, 0) is 6.42 Å². The lowest BCUT2D eigenvalue weighted by atomic mass is 9.75. The van der Waals surface area contributed by atoms with Crippen molar-refractivity contribution in [3.8, 4) is 0 Å². The molecule has 0 aliphatic heterocycles. The van der Waals surface area contributed by atoms with Crippen LogP contribution in [-0.4, -0.2) is 0 Å². The third-order valence-electron chi connectivity index (χ3n) is 9.64. The number of aryl methyl sites for hydroxylation is 1. The highest BCUT2D eigenvalue weighted by Gasteiger charge is 2.28. The Hall–Kier alpha value is -2.68. The Kier molecular flexibility index (Phi) is 9.37. The van der Waals surface area contributed by atoms with Gasteiger partial charge in [-0.2, -0.15) is 0 Å². The quantitative estimate of drug-likeness (QED) is 0.193. The predicted molar refractivity (Wildman–Crippen MR) is 160 cm³/mol. The molecule has 0 N–H and O–H groups in total. The van der Waals surface area contributed by atoms with Gasteiger partial charge in [0.25, 0.3) is 0 Å². The largest absolute Gasteiger partial charge is 0.427 e. The molecule has 2 aromatic carbocycles. The molecule has 1 aromatic heterocycles. The Morgan fingerprint density at radius 1 is 0.897 bits per heavy atom. The molecule has 2 aliphatic rings. The molecular formula is C36H45FO2. The lowest BCUT2D eigenvalue weighted by Crippen LogP contribution is -2.16. The molecule has 39 heavy (non-hydrogen) atoms. The van der Waals surface area contributed by atoms with Gasteiger partial charge in [0.1, 0.15) is 17.0 Å². The van der Waals surface area contributed by atoms with Crippen molar-refractivity contribution in [3.63, 3.8) is 0 Å². The van der Waals surface area contributed by atoms with Gasteiger partial charge in [-0.05, 0) is 110 Å². The van der Waals surface area contributed by atoms with E-state index in [0.29, 0.717) is 16.9 Å². The van der Waals surface area contributed by atoms with Crippen molar-refractivity contribution in [1.29, 1.82) is 0 Å². The lowest BCUT2D eigenvalue weighted by molar-refractivity contribution is 0.276. The van der Waals surface area contributed by atoms with Gasteiger partial charge in [0.2, 0.25) is 0 Å². The standard InChI is InChI=1S/C36H45FO2/c1-3-5-7-9-26-12-16-30(17-13-26)33-24-31-22-23-32(35(37)34(31)36(38)39-33)29-20-18-28(19-21-29)27-14-10-25(11-15-27)8-6-4-2/h4,10-11,14-15,22-24,26,28-30H,2-3,5-9,12-13,16-21H2,1H3. The maximum absolute atomic E-state index is 15.8. The van der Waals surface area contributed by atoms with Gasteiger partial charge in [0.15, 0.2) is 0 Å². The zero-order valence-electron chi connectivity index (χ0n) is 23.7. The highest BCUT2D eigenvalue weighted by molar-refractivity contribution is 5.83. The van der Waals surface area contributed by atoms with Gasteiger partial charge >= 0.3 is 5.63 Å². The van der Waals surface area contributed by atoms with Crippen molar-refractivity contribution in [3.05, 3.63) is 93.8 Å². The van der Waals surface area contributed by atoms with Gasteiger partial charge in [-0.1, -0.05) is 75.1 Å². The van der Waals surface area contributed by atoms with E-state index in [9.17, 15) is 4.79 Å². The Morgan fingerprint density at radius 2 is 1.59 bits per heavy atom. The van der Waals surface area contributed by atoms with E-state index in [1.807, 2.05) is 24.3 Å². The van der Waals surface area contributed by atoms with Gasteiger partial charge in [0.05, 0.1) is 0 Å². The molecule has 0 saturated heterocycles. The average molecular weight is 529 g/mol. The molecular weight excluding hydrogens is 483 g/mol. The normalized spacial score (nSPS) is 23.6. The molecule has 2 aliphatic carbocycles. The highest BCUT2D eigenvalue weighted by Crippen LogP contribution is 2.43. The molecule has 0 spiro atoms. The molecule has 2 nitrogen and oxygen atoms in total. The van der Waals surface area contributed by atoms with Crippen LogP contribution in [0.3, 0.4) is 0 Å². The van der Waals surface area contributed by atoms with Crippen LogP contribution in [0.15, 0.2) is 64.3 Å². The number of fused-ring (bicyclic) bond motifs is 1. The maximum Gasteiger partial charge on any atom is 0.346 e. The SMILES string of the molecule is C=CCCc1ccc(C2CCC(c3ccc4cc(C5CCC(CCCCC)CC5)oc(=O)c4c3F)CC2)cc1. The first-order chi connectivity index (χ1) is 19.1. The topological polar surface area (TPSA) is 30.2 Å². The number of benzene rings is 2. The summed E-state index contributed by atoms with van der Waals surface area (Å²) in [5.41, 5.74) is 2.92. The van der Waals surface area contributed by atoms with Crippen LogP contribution >= 0.6 is 0 Å². The predicted octanol–water partition coefficient (Wildman–Crippen LogP) is 10.3. The molecule has 208 valence electrons. The van der Waals surface area contributed by atoms with Crippen molar-refractivity contribution < 1.29 is 8.81 Å². The summed E-state index contributed by atoms with van der Waals surface area (Å²) in [4.78, 5) is 13.1. The molecule has 5 rings (SSSR count). The second-order valence-corrected chi connectivity index (χ2v) is 12.2. The second kappa shape index (κ2) is 13.1. The number of rotatable bonds is 10. The fourth-order valence-corrected chi connectivity index (χ4v) is 7.17. The van der Waals surface area contributed by atoms with E-state index in [4.69, 9.17) is 4.42 Å². The number of hydrogen-bond donors (Lipinski definition) is 0. The van der Waals surface area contributed by atoms with Crippen molar-refractivity contribution in [2.75, 3.05) is 0 Å². The van der Waals surface area contributed by atoms with E-state index in [1.165, 1.54) is 49.7 Å². The van der Waals surface area contributed by atoms with E-state index in [1.54, 1.807) is 0 Å². The minimum absolute atomic E-state index is 0.140. The van der Waals surface area contributed by atoms with Gasteiger partial charge < -0.3 is 4.42 Å².